The number of esters is 1. The van der Waals surface area contributed by atoms with Crippen molar-refractivity contribution in [3.63, 3.8) is 0 Å². The van der Waals surface area contributed by atoms with Crippen molar-refractivity contribution in [2.75, 3.05) is 18.0 Å². The molecule has 0 saturated heterocycles. The van der Waals surface area contributed by atoms with Gasteiger partial charge in [0.2, 0.25) is 0 Å². The van der Waals surface area contributed by atoms with Gasteiger partial charge in [-0.1, -0.05) is 53.5 Å². The Kier molecular flexibility index (Phi) is 5.60. The normalized spacial score (nSPS) is 11.4. The average molecular weight is 424 g/mol. The molecule has 0 aliphatic rings. The van der Waals surface area contributed by atoms with E-state index in [0.717, 1.165) is 15.1 Å². The number of ether oxygens (including phenoxy) is 1. The van der Waals surface area contributed by atoms with E-state index in [1.807, 2.05) is 24.3 Å². The number of halogens is 2. The first-order valence-electron chi connectivity index (χ1n) is 7.86. The standard InChI is InChI=1S/C19H15Cl2NO4S/c1-26-19(23)12-22(16-8-6-13-4-2-3-5-14(13)10-16)27(24,25)18-11-15(20)7-9-17(18)21/h2-11H,12H2,1H3. The number of anilines is 1. The Labute approximate surface area is 167 Å². The number of fused-ring (bicyclic) bond motifs is 1. The third kappa shape index (κ3) is 4.03. The lowest BCUT2D eigenvalue weighted by Crippen LogP contribution is -2.36. The molecule has 8 heteroatoms. The lowest BCUT2D eigenvalue weighted by atomic mass is 10.1. The molecule has 0 bridgehead atoms. The Balaban J connectivity index is 2.17. The van der Waals surface area contributed by atoms with Crippen molar-refractivity contribution in [2.45, 2.75) is 4.90 Å². The molecule has 0 radical (unpaired) electrons. The van der Waals surface area contributed by atoms with Crippen LogP contribution in [0, 0.1) is 0 Å². The predicted molar refractivity (Wildman–Crippen MR) is 107 cm³/mol. The summed E-state index contributed by atoms with van der Waals surface area (Å²) in [5, 5.41) is 2.00. The van der Waals surface area contributed by atoms with Gasteiger partial charge in [0.25, 0.3) is 10.0 Å². The molecule has 140 valence electrons. The van der Waals surface area contributed by atoms with E-state index in [0.29, 0.717) is 5.69 Å². The van der Waals surface area contributed by atoms with Crippen LogP contribution in [0.5, 0.6) is 0 Å². The number of methoxy groups -OCH3 is 1. The Morgan fingerprint density at radius 3 is 2.41 bits per heavy atom. The summed E-state index contributed by atoms with van der Waals surface area (Å²) in [7, 11) is -2.97. The Bertz CT molecular complexity index is 1120. The van der Waals surface area contributed by atoms with Crippen LogP contribution in [0.4, 0.5) is 5.69 Å². The smallest absolute Gasteiger partial charge is 0.326 e. The van der Waals surface area contributed by atoms with Gasteiger partial charge in [-0.25, -0.2) is 8.42 Å². The van der Waals surface area contributed by atoms with Crippen LogP contribution >= 0.6 is 23.2 Å². The maximum atomic E-state index is 13.3. The molecule has 0 unspecified atom stereocenters. The highest BCUT2D eigenvalue weighted by atomic mass is 35.5. The molecule has 27 heavy (non-hydrogen) atoms. The van der Waals surface area contributed by atoms with Gasteiger partial charge in [0.05, 0.1) is 17.8 Å². The lowest BCUT2D eigenvalue weighted by Gasteiger charge is -2.24. The van der Waals surface area contributed by atoms with Crippen molar-refractivity contribution in [1.82, 2.24) is 0 Å². The number of carbonyl (C=O) groups excluding carboxylic acids is 1. The molecule has 0 heterocycles. The number of carbonyl (C=O) groups is 1. The predicted octanol–water partition coefficient (Wildman–Crippen LogP) is 4.51. The Morgan fingerprint density at radius 2 is 1.70 bits per heavy atom. The van der Waals surface area contributed by atoms with Gasteiger partial charge < -0.3 is 4.74 Å². The van der Waals surface area contributed by atoms with Crippen LogP contribution in [0.1, 0.15) is 0 Å². The molecule has 0 N–H and O–H groups in total. The Morgan fingerprint density at radius 1 is 1.00 bits per heavy atom. The van der Waals surface area contributed by atoms with Crippen LogP contribution in [0.2, 0.25) is 10.0 Å². The molecule has 0 aromatic heterocycles. The molecule has 5 nitrogen and oxygen atoms in total. The van der Waals surface area contributed by atoms with Gasteiger partial charge in [-0.2, -0.15) is 0 Å². The van der Waals surface area contributed by atoms with E-state index >= 15 is 0 Å². The average Bonchev–Trinajstić information content (AvgIpc) is 2.67. The van der Waals surface area contributed by atoms with Crippen LogP contribution in [0.25, 0.3) is 10.8 Å². The molecular weight excluding hydrogens is 409 g/mol. The minimum absolute atomic E-state index is 0.00931. The SMILES string of the molecule is COC(=O)CN(c1ccc2ccccc2c1)S(=O)(=O)c1cc(Cl)ccc1Cl. The minimum atomic E-state index is -4.16. The zero-order valence-corrected chi connectivity index (χ0v) is 16.6. The third-order valence-corrected chi connectivity index (χ3v) is 6.47. The summed E-state index contributed by atoms with van der Waals surface area (Å²) in [4.78, 5) is 11.7. The summed E-state index contributed by atoms with van der Waals surface area (Å²) in [5.74, 6) is -0.704. The summed E-state index contributed by atoms with van der Waals surface area (Å²) >= 11 is 12.0. The fourth-order valence-corrected chi connectivity index (χ4v) is 4.76. The number of sulfonamides is 1. The number of nitrogens with zero attached hydrogens (tertiary/aromatic N) is 1. The topological polar surface area (TPSA) is 63.7 Å². The third-order valence-electron chi connectivity index (χ3n) is 3.98. The van der Waals surface area contributed by atoms with Gasteiger partial charge in [-0.15, -0.1) is 0 Å². The van der Waals surface area contributed by atoms with E-state index in [1.165, 1.54) is 25.3 Å². The maximum Gasteiger partial charge on any atom is 0.326 e. The second kappa shape index (κ2) is 7.76. The van der Waals surface area contributed by atoms with E-state index < -0.39 is 22.5 Å². The van der Waals surface area contributed by atoms with Crippen molar-refractivity contribution < 1.29 is 17.9 Å². The number of hydrogen-bond acceptors (Lipinski definition) is 4. The molecule has 0 aliphatic carbocycles. The first-order valence-corrected chi connectivity index (χ1v) is 10.1. The maximum absolute atomic E-state index is 13.3. The van der Waals surface area contributed by atoms with Crippen molar-refractivity contribution >= 4 is 55.7 Å². The van der Waals surface area contributed by atoms with Crippen molar-refractivity contribution in [3.05, 3.63) is 70.7 Å². The molecule has 3 rings (SSSR count). The molecule has 3 aromatic rings. The number of rotatable bonds is 5. The van der Waals surface area contributed by atoms with Crippen LogP contribution < -0.4 is 4.31 Å². The van der Waals surface area contributed by atoms with E-state index in [4.69, 9.17) is 23.2 Å². The molecular formula is C19H15Cl2NO4S. The van der Waals surface area contributed by atoms with Crippen molar-refractivity contribution in [3.8, 4) is 0 Å². The highest BCUT2D eigenvalue weighted by molar-refractivity contribution is 7.93. The van der Waals surface area contributed by atoms with Crippen LogP contribution in [-0.4, -0.2) is 28.0 Å². The van der Waals surface area contributed by atoms with Crippen molar-refractivity contribution in [2.24, 2.45) is 0 Å². The molecule has 0 amide bonds. The van der Waals surface area contributed by atoms with Crippen LogP contribution in [0.3, 0.4) is 0 Å². The zero-order chi connectivity index (χ0) is 19.6. The van der Waals surface area contributed by atoms with Crippen molar-refractivity contribution in [1.29, 1.82) is 0 Å². The molecule has 3 aromatic carbocycles. The lowest BCUT2D eigenvalue weighted by molar-refractivity contribution is -0.138. The summed E-state index contributed by atoms with van der Waals surface area (Å²) in [5.41, 5.74) is 0.315. The fraction of sp³-hybridized carbons (Fsp3) is 0.105. The number of benzene rings is 3. The van der Waals surface area contributed by atoms with Gasteiger partial charge >= 0.3 is 5.97 Å². The molecule has 0 atom stereocenters. The van der Waals surface area contributed by atoms with Gasteiger partial charge in [-0.05, 0) is 41.1 Å². The largest absolute Gasteiger partial charge is 0.468 e. The van der Waals surface area contributed by atoms with E-state index in [1.54, 1.807) is 18.2 Å². The second-order valence-corrected chi connectivity index (χ2v) is 8.37. The fourth-order valence-electron chi connectivity index (χ4n) is 2.62. The molecule has 0 spiro atoms. The zero-order valence-electron chi connectivity index (χ0n) is 14.2. The molecule has 0 fully saturated rings. The first-order chi connectivity index (χ1) is 12.8. The summed E-state index contributed by atoms with van der Waals surface area (Å²) < 4.78 is 32.2. The molecule has 0 saturated carbocycles. The van der Waals surface area contributed by atoms with Crippen LogP contribution in [0.15, 0.2) is 65.6 Å². The van der Waals surface area contributed by atoms with E-state index in [9.17, 15) is 13.2 Å². The van der Waals surface area contributed by atoms with E-state index in [-0.39, 0.29) is 14.9 Å². The molecule has 0 aliphatic heterocycles. The summed E-state index contributed by atoms with van der Waals surface area (Å²) in [6.45, 7) is -0.500. The quantitative estimate of drug-likeness (QED) is 0.566. The second-order valence-electron chi connectivity index (χ2n) is 5.69. The first kappa shape index (κ1) is 19.5. The Hall–Kier alpha value is -2.28. The van der Waals surface area contributed by atoms with E-state index in [2.05, 4.69) is 4.74 Å². The van der Waals surface area contributed by atoms with Gasteiger partial charge in [0, 0.05) is 5.02 Å². The highest BCUT2D eigenvalue weighted by Crippen LogP contribution is 2.32. The van der Waals surface area contributed by atoms with Gasteiger partial charge in [0.15, 0.2) is 0 Å². The number of hydrogen-bond donors (Lipinski definition) is 0. The summed E-state index contributed by atoms with van der Waals surface area (Å²) in [6, 6.07) is 16.7. The highest BCUT2D eigenvalue weighted by Gasteiger charge is 2.30. The monoisotopic (exact) mass is 423 g/mol. The van der Waals surface area contributed by atoms with Gasteiger partial charge in [0.1, 0.15) is 11.4 Å². The summed E-state index contributed by atoms with van der Waals surface area (Å²) in [6.07, 6.45) is 0. The van der Waals surface area contributed by atoms with Gasteiger partial charge in [-0.3, -0.25) is 9.10 Å². The van der Waals surface area contributed by atoms with Crippen LogP contribution in [-0.2, 0) is 19.6 Å². The minimum Gasteiger partial charge on any atom is -0.468 e.